The molecule has 0 saturated carbocycles. The van der Waals surface area contributed by atoms with Crippen molar-refractivity contribution in [3.8, 4) is 5.75 Å². The van der Waals surface area contributed by atoms with Gasteiger partial charge in [-0.2, -0.15) is 8.42 Å². The maximum absolute atomic E-state index is 11.6. The highest BCUT2D eigenvalue weighted by Crippen LogP contribution is 2.14. The molecule has 0 unspecified atom stereocenters. The van der Waals surface area contributed by atoms with Gasteiger partial charge in [-0.3, -0.25) is 9.08 Å². The van der Waals surface area contributed by atoms with Gasteiger partial charge < -0.3 is 9.47 Å². The zero-order chi connectivity index (χ0) is 16.6. The lowest BCUT2D eigenvalue weighted by Crippen LogP contribution is -2.14. The third kappa shape index (κ3) is 5.72. The predicted molar refractivity (Wildman–Crippen MR) is 81.3 cm³/mol. The predicted octanol–water partition coefficient (Wildman–Crippen LogP) is 1.72. The van der Waals surface area contributed by atoms with E-state index in [0.29, 0.717) is 17.7 Å². The van der Waals surface area contributed by atoms with E-state index in [2.05, 4.69) is 14.2 Å². The van der Waals surface area contributed by atoms with E-state index >= 15 is 0 Å². The summed E-state index contributed by atoms with van der Waals surface area (Å²) in [6, 6.07) is 6.64. The summed E-state index contributed by atoms with van der Waals surface area (Å²) in [5, 5.41) is 3.61. The third-order valence-corrected chi connectivity index (χ3v) is 3.89. The van der Waals surface area contributed by atoms with Crippen LogP contribution in [0.4, 0.5) is 0 Å². The van der Waals surface area contributed by atoms with Crippen molar-refractivity contribution in [2.24, 2.45) is 5.16 Å². The fraction of sp³-hybridized carbons (Fsp3) is 0.429. The molecule has 0 radical (unpaired) electrons. The molecule has 0 fully saturated rings. The Morgan fingerprint density at radius 1 is 1.18 bits per heavy atom. The van der Waals surface area contributed by atoms with Crippen LogP contribution in [0.2, 0.25) is 0 Å². The summed E-state index contributed by atoms with van der Waals surface area (Å²) in [6.07, 6.45) is 0.206. The normalized spacial score (nSPS) is 11.9. The Kier molecular flexibility index (Phi) is 6.84. The number of esters is 1. The van der Waals surface area contributed by atoms with Gasteiger partial charge in [-0.1, -0.05) is 12.1 Å². The number of carbonyl (C=O) groups excluding carboxylic acids is 1. The van der Waals surface area contributed by atoms with E-state index in [9.17, 15) is 13.2 Å². The molecule has 0 heterocycles. The van der Waals surface area contributed by atoms with E-state index < -0.39 is 16.1 Å². The van der Waals surface area contributed by atoms with Crippen molar-refractivity contribution >= 4 is 21.8 Å². The van der Waals surface area contributed by atoms with Crippen LogP contribution in [0, 0.1) is 0 Å². The SMILES string of the molecule is CCCS(=O)(=O)ON=C(CC(=O)OC)c1ccc(OC)cc1. The Hall–Kier alpha value is -2.09. The molecule has 0 spiro atoms. The van der Waals surface area contributed by atoms with Crippen LogP contribution in [0.25, 0.3) is 0 Å². The van der Waals surface area contributed by atoms with Gasteiger partial charge >= 0.3 is 16.1 Å². The van der Waals surface area contributed by atoms with Gasteiger partial charge in [-0.25, -0.2) is 0 Å². The van der Waals surface area contributed by atoms with Gasteiger partial charge in [0.25, 0.3) is 0 Å². The molecular formula is C14H19NO6S. The minimum Gasteiger partial charge on any atom is -0.497 e. The van der Waals surface area contributed by atoms with Crippen molar-refractivity contribution in [1.82, 2.24) is 0 Å². The van der Waals surface area contributed by atoms with Crippen molar-refractivity contribution in [3.05, 3.63) is 29.8 Å². The highest BCUT2D eigenvalue weighted by Gasteiger charge is 2.15. The Labute approximate surface area is 130 Å². The number of carbonyl (C=O) groups is 1. The lowest BCUT2D eigenvalue weighted by atomic mass is 10.1. The number of benzene rings is 1. The molecular weight excluding hydrogens is 310 g/mol. The second-order valence-electron chi connectivity index (χ2n) is 4.36. The first-order valence-electron chi connectivity index (χ1n) is 6.61. The number of ether oxygens (including phenoxy) is 2. The maximum atomic E-state index is 11.6. The van der Waals surface area contributed by atoms with E-state index in [-0.39, 0.29) is 17.9 Å². The van der Waals surface area contributed by atoms with Gasteiger partial charge in [0.05, 0.1) is 32.1 Å². The molecule has 0 aliphatic rings. The number of hydrogen-bond acceptors (Lipinski definition) is 7. The van der Waals surface area contributed by atoms with E-state index in [1.54, 1.807) is 31.2 Å². The molecule has 0 saturated heterocycles. The van der Waals surface area contributed by atoms with Crippen LogP contribution >= 0.6 is 0 Å². The molecule has 0 aromatic heterocycles. The molecule has 0 aliphatic heterocycles. The summed E-state index contributed by atoms with van der Waals surface area (Å²) in [4.78, 5) is 11.4. The molecule has 7 nitrogen and oxygen atoms in total. The molecule has 0 bridgehead atoms. The average molecular weight is 329 g/mol. The zero-order valence-corrected chi connectivity index (χ0v) is 13.6. The quantitative estimate of drug-likeness (QED) is 0.410. The van der Waals surface area contributed by atoms with Gasteiger partial charge in [0.1, 0.15) is 5.75 Å². The minimum absolute atomic E-state index is 0.148. The minimum atomic E-state index is -3.75. The van der Waals surface area contributed by atoms with E-state index in [0.717, 1.165) is 0 Å². The molecule has 0 aliphatic carbocycles. The van der Waals surface area contributed by atoms with Gasteiger partial charge in [0.15, 0.2) is 0 Å². The van der Waals surface area contributed by atoms with Crippen molar-refractivity contribution in [1.29, 1.82) is 0 Å². The van der Waals surface area contributed by atoms with E-state index in [1.165, 1.54) is 14.2 Å². The second-order valence-corrected chi connectivity index (χ2v) is 6.03. The number of methoxy groups -OCH3 is 2. The standard InChI is InChI=1S/C14H19NO6S/c1-4-9-22(17,18)21-15-13(10-14(16)20-3)11-5-7-12(19-2)8-6-11/h5-8H,4,9-10H2,1-3H3. The lowest BCUT2D eigenvalue weighted by Gasteiger charge is -2.07. The smallest absolute Gasteiger partial charge is 0.328 e. The van der Waals surface area contributed by atoms with E-state index in [4.69, 9.17) is 4.74 Å². The van der Waals surface area contributed by atoms with Crippen molar-refractivity contribution in [3.63, 3.8) is 0 Å². The summed E-state index contributed by atoms with van der Waals surface area (Å²) in [7, 11) is -0.989. The first-order valence-corrected chi connectivity index (χ1v) is 8.19. The summed E-state index contributed by atoms with van der Waals surface area (Å²) in [6.45, 7) is 1.71. The van der Waals surface area contributed by atoms with Crippen LogP contribution in [0.1, 0.15) is 25.3 Å². The fourth-order valence-electron chi connectivity index (χ4n) is 1.57. The van der Waals surface area contributed by atoms with Gasteiger partial charge in [-0.05, 0) is 30.7 Å². The third-order valence-electron chi connectivity index (χ3n) is 2.68. The van der Waals surface area contributed by atoms with Gasteiger partial charge in [0.2, 0.25) is 0 Å². The maximum Gasteiger partial charge on any atom is 0.328 e. The van der Waals surface area contributed by atoms with Crippen LogP contribution in [-0.2, 0) is 23.9 Å². The van der Waals surface area contributed by atoms with Crippen LogP contribution in [0.3, 0.4) is 0 Å². The summed E-state index contributed by atoms with van der Waals surface area (Å²) in [5.41, 5.74) is 0.701. The molecule has 1 aromatic rings. The molecule has 0 atom stereocenters. The first-order chi connectivity index (χ1) is 10.4. The van der Waals surface area contributed by atoms with Crippen LogP contribution in [-0.4, -0.2) is 40.1 Å². The molecule has 8 heteroatoms. The van der Waals surface area contributed by atoms with Crippen molar-refractivity contribution in [2.75, 3.05) is 20.0 Å². The monoisotopic (exact) mass is 329 g/mol. The van der Waals surface area contributed by atoms with Crippen molar-refractivity contribution < 1.29 is 27.0 Å². The topological polar surface area (TPSA) is 91.3 Å². The van der Waals surface area contributed by atoms with Crippen LogP contribution in [0.15, 0.2) is 29.4 Å². The largest absolute Gasteiger partial charge is 0.497 e. The van der Waals surface area contributed by atoms with E-state index in [1.807, 2.05) is 0 Å². The van der Waals surface area contributed by atoms with Crippen molar-refractivity contribution in [2.45, 2.75) is 19.8 Å². The Morgan fingerprint density at radius 3 is 2.32 bits per heavy atom. The Bertz CT molecular complexity index is 621. The number of rotatable bonds is 8. The summed E-state index contributed by atoms with van der Waals surface area (Å²) >= 11 is 0. The van der Waals surface area contributed by atoms with Gasteiger partial charge in [0, 0.05) is 5.56 Å². The fourth-order valence-corrected chi connectivity index (χ4v) is 2.35. The average Bonchev–Trinajstić information content (AvgIpc) is 2.51. The molecule has 1 rings (SSSR count). The molecule has 22 heavy (non-hydrogen) atoms. The molecule has 122 valence electrons. The first kappa shape index (κ1) is 18.0. The number of oxime groups is 1. The number of nitrogens with zero attached hydrogens (tertiary/aromatic N) is 1. The highest BCUT2D eigenvalue weighted by molar-refractivity contribution is 7.86. The summed E-state index contributed by atoms with van der Waals surface area (Å²) < 4.78 is 37.3. The van der Waals surface area contributed by atoms with Crippen LogP contribution in [0.5, 0.6) is 5.75 Å². The Balaban J connectivity index is 3.03. The van der Waals surface area contributed by atoms with Crippen LogP contribution < -0.4 is 4.74 Å². The lowest BCUT2D eigenvalue weighted by molar-refractivity contribution is -0.139. The molecule has 0 amide bonds. The molecule has 1 aromatic carbocycles. The zero-order valence-electron chi connectivity index (χ0n) is 12.7. The van der Waals surface area contributed by atoms with Gasteiger partial charge in [-0.15, -0.1) is 0 Å². The highest BCUT2D eigenvalue weighted by atomic mass is 32.2. The molecule has 0 N–H and O–H groups in total. The Morgan fingerprint density at radius 2 is 1.82 bits per heavy atom. The summed E-state index contributed by atoms with van der Waals surface area (Å²) in [5.74, 6) is -0.0725. The second kappa shape index (κ2) is 8.38. The number of hydrogen-bond donors (Lipinski definition) is 0.